The molecule has 4 aliphatic rings. The molecule has 0 aromatic rings. The Balaban J connectivity index is 1.61. The number of azide groups is 3. The molecule has 0 N–H and O–H groups in total. The molecule has 4 saturated carbocycles. The Morgan fingerprint density at radius 1 is 0.783 bits per heavy atom. The van der Waals surface area contributed by atoms with Gasteiger partial charge in [-0.2, -0.15) is 0 Å². The van der Waals surface area contributed by atoms with Crippen LogP contribution in [0.1, 0.15) is 97.8 Å². The van der Waals surface area contributed by atoms with Gasteiger partial charge in [-0.3, -0.25) is 0 Å². The van der Waals surface area contributed by atoms with E-state index in [-0.39, 0.29) is 29.1 Å². The third-order valence-corrected chi connectivity index (χ3v) is 13.2. The summed E-state index contributed by atoms with van der Waals surface area (Å²) in [5.74, 6) is 3.22. The Kier molecular flexibility index (Phi) is 14.7. The molecule has 11 atom stereocenters. The molecule has 0 heterocycles. The summed E-state index contributed by atoms with van der Waals surface area (Å²) in [6.45, 7) is 10.8. The molecule has 0 saturated heterocycles. The molecule has 0 amide bonds. The topological polar surface area (TPSA) is 174 Å². The predicted molar refractivity (Wildman–Crippen MR) is 183 cm³/mol. The Bertz CT molecular complexity index is 1110. The van der Waals surface area contributed by atoms with Crippen molar-refractivity contribution >= 4 is 15.9 Å². The molecule has 4 fully saturated rings. The molecule has 0 bridgehead atoms. The summed E-state index contributed by atoms with van der Waals surface area (Å²) in [4.78, 5) is 8.75. The second-order valence-corrected chi connectivity index (χ2v) is 15.6. The average Bonchev–Trinajstić information content (AvgIpc) is 3.41. The van der Waals surface area contributed by atoms with Crippen molar-refractivity contribution in [1.82, 2.24) is 0 Å². The largest absolute Gasteiger partial charge is 0.378 e. The van der Waals surface area contributed by atoms with E-state index in [9.17, 15) is 0 Å². The molecule has 13 heteroatoms. The van der Waals surface area contributed by atoms with E-state index in [2.05, 4.69) is 66.8 Å². The first-order chi connectivity index (χ1) is 22.3. The monoisotopic (exact) mass is 705 g/mol. The fourth-order valence-electron chi connectivity index (χ4n) is 10.5. The van der Waals surface area contributed by atoms with Crippen LogP contribution in [0.4, 0.5) is 0 Å². The summed E-state index contributed by atoms with van der Waals surface area (Å²) in [5, 5.41) is 12.2. The van der Waals surface area contributed by atoms with Crippen molar-refractivity contribution in [3.05, 3.63) is 31.3 Å². The van der Waals surface area contributed by atoms with Crippen molar-refractivity contribution in [3.8, 4) is 0 Å². The van der Waals surface area contributed by atoms with E-state index in [1.807, 2.05) is 0 Å². The smallest absolute Gasteiger partial charge is 0.0637 e. The number of halogens is 1. The SMILES string of the molecule is C[C@H](CCCBr)[C@H]1CC[C@H]2C3C(OCCCN=[N+]=[N-])CC4C[C@H](OCCCN=[N+]=[N-])CC[C@]4(C)[C@H]3C[C@H](OCCCN=[N+]=[N-])[C@]12C. The van der Waals surface area contributed by atoms with E-state index in [1.54, 1.807) is 0 Å². The first-order valence-electron chi connectivity index (χ1n) is 17.8. The number of fused-ring (bicyclic) bond motifs is 5. The van der Waals surface area contributed by atoms with Crippen molar-refractivity contribution < 1.29 is 14.2 Å². The minimum Gasteiger partial charge on any atom is -0.378 e. The standard InChI is InChI=1S/C33H56BrN9O3/c1-23(8-4-13-34)26-9-10-27-31-28(22-30(33(26,27)3)46-19-7-16-40-43-37)32(2)12-11-25(44-17-5-14-38-41-35)20-24(32)21-29(31)45-18-6-15-39-42-36/h23-31H,4-22H2,1-3H3/t23-,24?,25-,26-,27+,28+,29?,30+,31?,32+,33-/m1/s1. The van der Waals surface area contributed by atoms with Crippen molar-refractivity contribution in [3.63, 3.8) is 0 Å². The predicted octanol–water partition coefficient (Wildman–Crippen LogP) is 9.93. The van der Waals surface area contributed by atoms with Crippen LogP contribution in [0, 0.1) is 46.3 Å². The van der Waals surface area contributed by atoms with Gasteiger partial charge < -0.3 is 14.2 Å². The van der Waals surface area contributed by atoms with E-state index in [0.717, 1.165) is 56.7 Å². The highest BCUT2D eigenvalue weighted by Gasteiger charge is 2.66. The lowest BCUT2D eigenvalue weighted by molar-refractivity contribution is -0.227. The summed E-state index contributed by atoms with van der Waals surface area (Å²) in [7, 11) is 0. The van der Waals surface area contributed by atoms with Gasteiger partial charge in [0.25, 0.3) is 0 Å². The van der Waals surface area contributed by atoms with Gasteiger partial charge in [0.15, 0.2) is 0 Å². The van der Waals surface area contributed by atoms with Crippen LogP contribution in [-0.4, -0.2) is 63.1 Å². The van der Waals surface area contributed by atoms with Gasteiger partial charge in [0, 0.05) is 64.9 Å². The van der Waals surface area contributed by atoms with Gasteiger partial charge in [-0.1, -0.05) is 52.0 Å². The van der Waals surface area contributed by atoms with E-state index in [1.165, 1.54) is 25.7 Å². The number of hydrogen-bond donors (Lipinski definition) is 0. The van der Waals surface area contributed by atoms with Gasteiger partial charge in [-0.25, -0.2) is 0 Å². The number of ether oxygens (including phenoxy) is 3. The van der Waals surface area contributed by atoms with Gasteiger partial charge in [-0.15, -0.1) is 0 Å². The summed E-state index contributed by atoms with van der Waals surface area (Å²) in [6.07, 6.45) is 13.0. The molecular weight excluding hydrogens is 650 g/mol. The van der Waals surface area contributed by atoms with Crippen LogP contribution in [0.5, 0.6) is 0 Å². The zero-order valence-electron chi connectivity index (χ0n) is 28.3. The molecule has 3 unspecified atom stereocenters. The molecule has 4 rings (SSSR count). The highest BCUT2D eigenvalue weighted by atomic mass is 79.9. The molecule has 46 heavy (non-hydrogen) atoms. The molecule has 12 nitrogen and oxygen atoms in total. The van der Waals surface area contributed by atoms with Crippen molar-refractivity contribution in [1.29, 1.82) is 0 Å². The zero-order valence-corrected chi connectivity index (χ0v) is 29.8. The minimum atomic E-state index is 0.0630. The van der Waals surface area contributed by atoms with Gasteiger partial charge in [0.2, 0.25) is 0 Å². The van der Waals surface area contributed by atoms with Crippen LogP contribution < -0.4 is 0 Å². The minimum absolute atomic E-state index is 0.0630. The van der Waals surface area contributed by atoms with Crippen molar-refractivity contribution in [2.24, 2.45) is 61.7 Å². The third-order valence-electron chi connectivity index (χ3n) is 12.6. The lowest BCUT2D eigenvalue weighted by Gasteiger charge is -2.65. The van der Waals surface area contributed by atoms with Gasteiger partial charge in [0.05, 0.1) is 18.3 Å². The van der Waals surface area contributed by atoms with E-state index >= 15 is 0 Å². The lowest BCUT2D eigenvalue weighted by atomic mass is 9.43. The molecule has 0 radical (unpaired) electrons. The van der Waals surface area contributed by atoms with Gasteiger partial charge in [0.1, 0.15) is 0 Å². The molecule has 0 aromatic carbocycles. The summed E-state index contributed by atoms with van der Waals surface area (Å²) < 4.78 is 20.1. The normalized spacial score (nSPS) is 37.0. The van der Waals surface area contributed by atoms with Crippen molar-refractivity contribution in [2.75, 3.05) is 44.8 Å². The quantitative estimate of drug-likeness (QED) is 0.0428. The molecule has 0 aliphatic heterocycles. The summed E-state index contributed by atoms with van der Waals surface area (Å²) in [5.41, 5.74) is 26.4. The number of alkyl halides is 1. The first kappa shape index (κ1) is 37.1. The van der Waals surface area contributed by atoms with Gasteiger partial charge in [-0.05, 0) is 135 Å². The molecule has 258 valence electrons. The first-order valence-corrected chi connectivity index (χ1v) is 18.9. The second-order valence-electron chi connectivity index (χ2n) is 14.8. The van der Waals surface area contributed by atoms with E-state index < -0.39 is 0 Å². The Morgan fingerprint density at radius 3 is 2.04 bits per heavy atom. The number of nitrogens with zero attached hydrogens (tertiary/aromatic N) is 9. The molecule has 0 spiro atoms. The third kappa shape index (κ3) is 8.46. The number of hydrogen-bond acceptors (Lipinski definition) is 6. The van der Waals surface area contributed by atoms with Crippen LogP contribution >= 0.6 is 15.9 Å². The maximum Gasteiger partial charge on any atom is 0.0637 e. The highest BCUT2D eigenvalue weighted by molar-refractivity contribution is 9.09. The molecule has 4 aliphatic carbocycles. The van der Waals surface area contributed by atoms with Crippen LogP contribution in [0.3, 0.4) is 0 Å². The van der Waals surface area contributed by atoms with E-state index in [4.69, 9.17) is 30.8 Å². The zero-order chi connectivity index (χ0) is 33.0. The molecule has 0 aromatic heterocycles. The summed E-state index contributed by atoms with van der Waals surface area (Å²) >= 11 is 3.67. The Hall–Kier alpha value is -1.71. The van der Waals surface area contributed by atoms with Crippen LogP contribution in [-0.2, 0) is 14.2 Å². The van der Waals surface area contributed by atoms with Gasteiger partial charge >= 0.3 is 0 Å². The van der Waals surface area contributed by atoms with Crippen LogP contribution in [0.25, 0.3) is 31.3 Å². The maximum atomic E-state index is 8.80. The fraction of sp³-hybridized carbons (Fsp3) is 1.00. The highest BCUT2D eigenvalue weighted by Crippen LogP contribution is 2.69. The van der Waals surface area contributed by atoms with Crippen LogP contribution in [0.2, 0.25) is 0 Å². The Labute approximate surface area is 283 Å². The van der Waals surface area contributed by atoms with E-state index in [0.29, 0.717) is 75.0 Å². The second kappa shape index (κ2) is 18.2. The lowest BCUT2D eigenvalue weighted by Crippen LogP contribution is -2.63. The maximum absolute atomic E-state index is 8.80. The fourth-order valence-corrected chi connectivity index (χ4v) is 10.8. The Morgan fingerprint density at radius 2 is 1.41 bits per heavy atom. The van der Waals surface area contributed by atoms with Crippen molar-refractivity contribution in [2.45, 2.75) is 116 Å². The summed E-state index contributed by atoms with van der Waals surface area (Å²) in [6, 6.07) is 0. The average molecular weight is 707 g/mol. The van der Waals surface area contributed by atoms with Crippen LogP contribution in [0.15, 0.2) is 15.3 Å². The molecular formula is C33H56BrN9O3. The number of rotatable bonds is 19.